The molecule has 4 heteroatoms. The molecular weight excluding hydrogens is 394 g/mol. The van der Waals surface area contributed by atoms with Crippen LogP contribution in [0.5, 0.6) is 0 Å². The smallest absolute Gasteiger partial charge is 0.242 e. The number of carbonyl (C=O) groups is 1. The summed E-state index contributed by atoms with van der Waals surface area (Å²) in [6.07, 6.45) is 3.73. The first kappa shape index (κ1) is 21.5. The van der Waals surface area contributed by atoms with Gasteiger partial charge < -0.3 is 11.1 Å². The lowest BCUT2D eigenvalue weighted by Gasteiger charge is -2.24. The minimum atomic E-state index is -0.732. The Hall–Kier alpha value is -3.76. The highest BCUT2D eigenvalue weighted by molar-refractivity contribution is 5.96. The third kappa shape index (κ3) is 4.61. The SMILES string of the molecule is Cc1cncc(C)c1-c1ccc(NC(=O)C(N)C(c2ccccc2)c2ccccc2)cc1. The van der Waals surface area contributed by atoms with Gasteiger partial charge in [-0.15, -0.1) is 0 Å². The minimum Gasteiger partial charge on any atom is -0.325 e. The molecule has 0 fully saturated rings. The van der Waals surface area contributed by atoms with Crippen LogP contribution in [0.15, 0.2) is 97.3 Å². The van der Waals surface area contributed by atoms with Crippen LogP contribution >= 0.6 is 0 Å². The van der Waals surface area contributed by atoms with E-state index < -0.39 is 6.04 Å². The van der Waals surface area contributed by atoms with Crippen molar-refractivity contribution in [2.75, 3.05) is 5.32 Å². The molecule has 1 unspecified atom stereocenters. The number of carbonyl (C=O) groups excluding carboxylic acids is 1. The first-order valence-corrected chi connectivity index (χ1v) is 10.7. The van der Waals surface area contributed by atoms with Crippen LogP contribution in [-0.4, -0.2) is 16.9 Å². The Labute approximate surface area is 189 Å². The first-order chi connectivity index (χ1) is 15.5. The summed E-state index contributed by atoms with van der Waals surface area (Å²) in [5.41, 5.74) is 13.8. The van der Waals surface area contributed by atoms with Gasteiger partial charge in [-0.1, -0.05) is 72.8 Å². The maximum atomic E-state index is 13.1. The molecule has 1 atom stereocenters. The van der Waals surface area contributed by atoms with E-state index in [-0.39, 0.29) is 11.8 Å². The summed E-state index contributed by atoms with van der Waals surface area (Å²) < 4.78 is 0. The van der Waals surface area contributed by atoms with Crippen LogP contribution in [0.1, 0.15) is 28.2 Å². The maximum Gasteiger partial charge on any atom is 0.242 e. The molecule has 0 aliphatic rings. The second-order valence-corrected chi connectivity index (χ2v) is 8.04. The number of rotatable bonds is 6. The van der Waals surface area contributed by atoms with E-state index in [9.17, 15) is 4.79 Å². The van der Waals surface area contributed by atoms with Crippen molar-refractivity contribution in [1.82, 2.24) is 4.98 Å². The number of nitrogens with zero attached hydrogens (tertiary/aromatic N) is 1. The van der Waals surface area contributed by atoms with Crippen molar-refractivity contribution < 1.29 is 4.79 Å². The van der Waals surface area contributed by atoms with Crippen LogP contribution < -0.4 is 11.1 Å². The van der Waals surface area contributed by atoms with Gasteiger partial charge in [-0.05, 0) is 59.4 Å². The molecule has 0 spiro atoms. The lowest BCUT2D eigenvalue weighted by atomic mass is 9.85. The normalized spacial score (nSPS) is 11.9. The zero-order valence-electron chi connectivity index (χ0n) is 18.3. The van der Waals surface area contributed by atoms with Crippen molar-refractivity contribution in [3.63, 3.8) is 0 Å². The molecule has 160 valence electrons. The molecule has 3 aromatic carbocycles. The van der Waals surface area contributed by atoms with E-state index >= 15 is 0 Å². The van der Waals surface area contributed by atoms with E-state index in [0.29, 0.717) is 0 Å². The molecule has 0 saturated carbocycles. The third-order valence-electron chi connectivity index (χ3n) is 5.75. The van der Waals surface area contributed by atoms with Gasteiger partial charge in [0.2, 0.25) is 5.91 Å². The van der Waals surface area contributed by atoms with Gasteiger partial charge in [-0.25, -0.2) is 0 Å². The van der Waals surface area contributed by atoms with E-state index in [1.54, 1.807) is 0 Å². The Balaban J connectivity index is 1.56. The highest BCUT2D eigenvalue weighted by atomic mass is 16.2. The molecular formula is C28H27N3O. The number of aromatic nitrogens is 1. The fourth-order valence-electron chi connectivity index (χ4n) is 4.18. The van der Waals surface area contributed by atoms with Crippen LogP contribution in [0.2, 0.25) is 0 Å². The topological polar surface area (TPSA) is 68.0 Å². The van der Waals surface area contributed by atoms with Crippen molar-refractivity contribution in [3.8, 4) is 11.1 Å². The van der Waals surface area contributed by atoms with Crippen LogP contribution in [0.3, 0.4) is 0 Å². The fourth-order valence-corrected chi connectivity index (χ4v) is 4.18. The molecule has 4 nitrogen and oxygen atoms in total. The number of anilines is 1. The number of benzene rings is 3. The number of nitrogens with one attached hydrogen (secondary N) is 1. The van der Waals surface area contributed by atoms with E-state index in [2.05, 4.69) is 24.1 Å². The van der Waals surface area contributed by atoms with Crippen molar-refractivity contribution in [3.05, 3.63) is 120 Å². The quantitative estimate of drug-likeness (QED) is 0.434. The number of nitrogens with two attached hydrogens (primary N) is 1. The molecule has 0 radical (unpaired) electrons. The average Bonchev–Trinajstić information content (AvgIpc) is 2.81. The lowest BCUT2D eigenvalue weighted by Crippen LogP contribution is -2.41. The largest absolute Gasteiger partial charge is 0.325 e. The number of aryl methyl sites for hydroxylation is 2. The second-order valence-electron chi connectivity index (χ2n) is 8.04. The zero-order valence-corrected chi connectivity index (χ0v) is 18.3. The molecule has 4 aromatic rings. The van der Waals surface area contributed by atoms with Gasteiger partial charge in [0.1, 0.15) is 0 Å². The Morgan fingerprint density at radius 3 is 1.78 bits per heavy atom. The minimum absolute atomic E-state index is 0.216. The number of pyridine rings is 1. The van der Waals surface area contributed by atoms with Crippen molar-refractivity contribution in [2.45, 2.75) is 25.8 Å². The molecule has 1 heterocycles. The molecule has 4 rings (SSSR count). The zero-order chi connectivity index (χ0) is 22.5. The summed E-state index contributed by atoms with van der Waals surface area (Å²) in [6, 6.07) is 27.0. The summed E-state index contributed by atoms with van der Waals surface area (Å²) in [5.74, 6) is -0.453. The predicted octanol–water partition coefficient (Wildman–Crippen LogP) is 5.46. The number of amides is 1. The molecule has 3 N–H and O–H groups in total. The van der Waals surface area contributed by atoms with Crippen molar-refractivity contribution in [2.24, 2.45) is 5.73 Å². The van der Waals surface area contributed by atoms with Gasteiger partial charge in [0.25, 0.3) is 0 Å². The maximum absolute atomic E-state index is 13.1. The predicted molar refractivity (Wildman–Crippen MR) is 130 cm³/mol. The van der Waals surface area contributed by atoms with E-state index in [0.717, 1.165) is 33.5 Å². The molecule has 1 amide bonds. The molecule has 0 aliphatic heterocycles. The van der Waals surface area contributed by atoms with Crippen LogP contribution in [0.4, 0.5) is 5.69 Å². The Morgan fingerprint density at radius 1 is 0.781 bits per heavy atom. The van der Waals surface area contributed by atoms with Gasteiger partial charge in [-0.2, -0.15) is 0 Å². The van der Waals surface area contributed by atoms with E-state index in [1.165, 1.54) is 5.56 Å². The van der Waals surface area contributed by atoms with Gasteiger partial charge in [0.05, 0.1) is 6.04 Å². The molecule has 0 bridgehead atoms. The highest BCUT2D eigenvalue weighted by Crippen LogP contribution is 2.29. The van der Waals surface area contributed by atoms with Gasteiger partial charge in [-0.3, -0.25) is 9.78 Å². The van der Waals surface area contributed by atoms with Gasteiger partial charge >= 0.3 is 0 Å². The standard InChI is InChI=1S/C28H27N3O/c1-19-17-30-18-20(2)25(19)23-13-15-24(16-14-23)31-28(32)27(29)26(21-9-5-3-6-10-21)22-11-7-4-8-12-22/h3-18,26-27H,29H2,1-2H3,(H,31,32). The fraction of sp³-hybridized carbons (Fsp3) is 0.143. The van der Waals surface area contributed by atoms with Gasteiger partial charge in [0, 0.05) is 24.0 Å². The lowest BCUT2D eigenvalue weighted by molar-refractivity contribution is -0.117. The Bertz CT molecular complexity index is 1130. The third-order valence-corrected chi connectivity index (χ3v) is 5.75. The molecule has 0 saturated heterocycles. The summed E-state index contributed by atoms with van der Waals surface area (Å²) in [5, 5.41) is 2.99. The average molecular weight is 422 g/mol. The highest BCUT2D eigenvalue weighted by Gasteiger charge is 2.27. The molecule has 0 aliphatic carbocycles. The summed E-state index contributed by atoms with van der Waals surface area (Å²) in [4.78, 5) is 17.4. The molecule has 1 aromatic heterocycles. The van der Waals surface area contributed by atoms with E-state index in [1.807, 2.05) is 97.3 Å². The monoisotopic (exact) mass is 421 g/mol. The van der Waals surface area contributed by atoms with Crippen LogP contribution in [0, 0.1) is 13.8 Å². The van der Waals surface area contributed by atoms with Crippen LogP contribution in [0.25, 0.3) is 11.1 Å². The van der Waals surface area contributed by atoms with Gasteiger partial charge in [0.15, 0.2) is 0 Å². The summed E-state index contributed by atoms with van der Waals surface area (Å²) in [7, 11) is 0. The van der Waals surface area contributed by atoms with E-state index in [4.69, 9.17) is 5.73 Å². The number of hydrogen-bond acceptors (Lipinski definition) is 3. The Morgan fingerprint density at radius 2 is 1.28 bits per heavy atom. The van der Waals surface area contributed by atoms with Crippen molar-refractivity contribution in [1.29, 1.82) is 0 Å². The summed E-state index contributed by atoms with van der Waals surface area (Å²) in [6.45, 7) is 4.11. The van der Waals surface area contributed by atoms with Crippen molar-refractivity contribution >= 4 is 11.6 Å². The summed E-state index contributed by atoms with van der Waals surface area (Å²) >= 11 is 0. The molecule has 32 heavy (non-hydrogen) atoms. The first-order valence-electron chi connectivity index (χ1n) is 10.7. The Kier molecular flexibility index (Phi) is 6.43. The second kappa shape index (κ2) is 9.58. The van der Waals surface area contributed by atoms with Crippen LogP contribution in [-0.2, 0) is 4.79 Å². The number of hydrogen-bond donors (Lipinski definition) is 2.